The Morgan fingerprint density at radius 3 is 1.79 bits per heavy atom. The number of hydrogen-bond acceptors (Lipinski definition) is 4. The molecule has 0 fully saturated rings. The Balaban J connectivity index is 0.000000413. The lowest BCUT2D eigenvalue weighted by Gasteiger charge is -2.17. The van der Waals surface area contributed by atoms with E-state index in [1.54, 1.807) is 0 Å². The highest BCUT2D eigenvalue weighted by molar-refractivity contribution is 5.68. The van der Waals surface area contributed by atoms with E-state index in [0.717, 1.165) is 24.0 Å². The first-order chi connectivity index (χ1) is 11.7. The molecule has 130 valence electrons. The van der Waals surface area contributed by atoms with Crippen molar-refractivity contribution in [1.82, 2.24) is 0 Å². The van der Waals surface area contributed by atoms with E-state index in [9.17, 15) is 4.79 Å². The molecule has 0 aliphatic carbocycles. The van der Waals surface area contributed by atoms with Crippen LogP contribution < -0.4 is 5.73 Å². The van der Waals surface area contributed by atoms with Crippen LogP contribution in [0.4, 0.5) is 0 Å². The molecular weight excluding hydrogens is 306 g/mol. The van der Waals surface area contributed by atoms with Gasteiger partial charge in [-0.05, 0) is 30.5 Å². The zero-order valence-corrected chi connectivity index (χ0v) is 13.7. The number of aliphatic hydroxyl groups excluding tert-OH is 1. The zero-order chi connectivity index (χ0) is 17.6. The Bertz CT molecular complexity index is 517. The van der Waals surface area contributed by atoms with Gasteiger partial charge in [0.25, 0.3) is 0 Å². The van der Waals surface area contributed by atoms with E-state index in [1.807, 2.05) is 60.7 Å². The third-order valence-electron chi connectivity index (χ3n) is 3.19. The largest absolute Gasteiger partial charge is 0.480 e. The normalized spacial score (nSPS) is 10.1. The van der Waals surface area contributed by atoms with Crippen LogP contribution >= 0.6 is 0 Å². The molecule has 0 bridgehead atoms. The van der Waals surface area contributed by atoms with Gasteiger partial charge in [-0.25, -0.2) is 4.79 Å². The average molecular weight is 331 g/mol. The van der Waals surface area contributed by atoms with Crippen LogP contribution in [0.15, 0.2) is 60.7 Å². The highest BCUT2D eigenvalue weighted by Crippen LogP contribution is 2.25. The summed E-state index contributed by atoms with van der Waals surface area (Å²) in [5.74, 6) is -0.966. The molecule has 0 saturated heterocycles. The van der Waals surface area contributed by atoms with Gasteiger partial charge in [0.1, 0.15) is 12.7 Å². The molecule has 0 spiro atoms. The van der Waals surface area contributed by atoms with E-state index in [-0.39, 0.29) is 19.3 Å². The number of nitrogens with two attached hydrogens (primary N) is 1. The summed E-state index contributed by atoms with van der Waals surface area (Å²) in [5, 5.41) is 16.9. The second-order valence-corrected chi connectivity index (χ2v) is 5.13. The molecule has 0 saturated carbocycles. The molecule has 2 rings (SSSR count). The van der Waals surface area contributed by atoms with Crippen molar-refractivity contribution in [2.75, 3.05) is 19.8 Å². The number of hydrogen-bond donors (Lipinski definition) is 3. The van der Waals surface area contributed by atoms with Crippen molar-refractivity contribution >= 4 is 5.97 Å². The Kier molecular flexibility index (Phi) is 10.1. The van der Waals surface area contributed by atoms with Gasteiger partial charge >= 0.3 is 5.97 Å². The molecule has 24 heavy (non-hydrogen) atoms. The van der Waals surface area contributed by atoms with Gasteiger partial charge in [-0.1, -0.05) is 60.7 Å². The molecule has 5 heteroatoms. The van der Waals surface area contributed by atoms with E-state index in [0.29, 0.717) is 6.54 Å². The Hall–Kier alpha value is -2.21. The first kappa shape index (κ1) is 19.8. The van der Waals surface area contributed by atoms with Crippen LogP contribution in [0, 0.1) is 0 Å². The summed E-state index contributed by atoms with van der Waals surface area (Å²) in [6, 6.07) is 19.2. The minimum atomic E-state index is -0.966. The van der Waals surface area contributed by atoms with Crippen molar-refractivity contribution in [2.45, 2.75) is 18.9 Å². The number of aliphatic carboxylic acids is 1. The van der Waals surface area contributed by atoms with Crippen molar-refractivity contribution in [1.29, 1.82) is 0 Å². The lowest BCUT2D eigenvalue weighted by atomic mass is 10.0. The maximum atomic E-state index is 10.6. The van der Waals surface area contributed by atoms with Gasteiger partial charge in [0, 0.05) is 6.61 Å². The van der Waals surface area contributed by atoms with Crippen LogP contribution in [0.1, 0.15) is 30.1 Å². The summed E-state index contributed by atoms with van der Waals surface area (Å²) < 4.78 is 5.48. The highest BCUT2D eigenvalue weighted by atomic mass is 16.5. The van der Waals surface area contributed by atoms with E-state index in [2.05, 4.69) is 0 Å². The van der Waals surface area contributed by atoms with Crippen LogP contribution in [0.2, 0.25) is 0 Å². The maximum Gasteiger partial charge on any atom is 0.329 e. The number of unbranched alkanes of at least 4 members (excludes halogenated alkanes) is 1. The monoisotopic (exact) mass is 331 g/mol. The lowest BCUT2D eigenvalue weighted by molar-refractivity contribution is -0.143. The molecule has 0 heterocycles. The smallest absolute Gasteiger partial charge is 0.329 e. The first-order valence-corrected chi connectivity index (χ1v) is 7.93. The molecule has 0 radical (unpaired) electrons. The van der Waals surface area contributed by atoms with Crippen LogP contribution in [-0.2, 0) is 9.53 Å². The highest BCUT2D eigenvalue weighted by Gasteiger charge is 2.15. The number of ether oxygens (including phenoxy) is 1. The predicted octanol–water partition coefficient (Wildman–Crippen LogP) is 2.59. The molecule has 0 aliphatic rings. The summed E-state index contributed by atoms with van der Waals surface area (Å²) >= 11 is 0. The standard InChI is InChI=1S/C15H14O3.C4H11NO/c16-14(17)11-18-15(12-7-3-1-4-8-12)13-9-5-2-6-10-13;5-3-1-2-4-6/h1-10,15H,11H2,(H,16,17);6H,1-5H2. The molecule has 0 aliphatic heterocycles. The average Bonchev–Trinajstić information content (AvgIpc) is 2.62. The maximum absolute atomic E-state index is 10.6. The summed E-state index contributed by atoms with van der Waals surface area (Å²) in [6.07, 6.45) is 1.44. The molecule has 2 aromatic rings. The molecule has 0 aromatic heterocycles. The topological polar surface area (TPSA) is 92.8 Å². The van der Waals surface area contributed by atoms with Gasteiger partial charge in [-0.2, -0.15) is 0 Å². The molecule has 0 atom stereocenters. The summed E-state index contributed by atoms with van der Waals surface area (Å²) in [7, 11) is 0. The Morgan fingerprint density at radius 1 is 0.958 bits per heavy atom. The molecule has 2 aromatic carbocycles. The predicted molar refractivity (Wildman–Crippen MR) is 93.7 cm³/mol. The van der Waals surface area contributed by atoms with Crippen molar-refractivity contribution in [2.24, 2.45) is 5.73 Å². The summed E-state index contributed by atoms with van der Waals surface area (Å²) in [4.78, 5) is 10.6. The van der Waals surface area contributed by atoms with E-state index < -0.39 is 5.97 Å². The first-order valence-electron chi connectivity index (χ1n) is 7.93. The van der Waals surface area contributed by atoms with Crippen molar-refractivity contribution in [3.05, 3.63) is 71.8 Å². The third kappa shape index (κ3) is 7.87. The number of carboxylic acid groups (broad SMARTS) is 1. The fraction of sp³-hybridized carbons (Fsp3) is 0.316. The fourth-order valence-electron chi connectivity index (χ4n) is 2.05. The Labute approximate surface area is 142 Å². The molecule has 0 amide bonds. The van der Waals surface area contributed by atoms with Crippen LogP contribution in [0.25, 0.3) is 0 Å². The molecule has 4 N–H and O–H groups in total. The van der Waals surface area contributed by atoms with Gasteiger partial charge in [0.15, 0.2) is 0 Å². The second kappa shape index (κ2) is 12.2. The van der Waals surface area contributed by atoms with Crippen LogP contribution in [0.3, 0.4) is 0 Å². The quantitative estimate of drug-likeness (QED) is 0.647. The van der Waals surface area contributed by atoms with Gasteiger partial charge in [-0.3, -0.25) is 0 Å². The van der Waals surface area contributed by atoms with Gasteiger partial charge < -0.3 is 20.7 Å². The second-order valence-electron chi connectivity index (χ2n) is 5.13. The van der Waals surface area contributed by atoms with E-state index >= 15 is 0 Å². The minimum Gasteiger partial charge on any atom is -0.480 e. The van der Waals surface area contributed by atoms with Crippen LogP contribution in [0.5, 0.6) is 0 Å². The summed E-state index contributed by atoms with van der Waals surface area (Å²) in [5.41, 5.74) is 7.00. The number of aliphatic hydroxyl groups is 1. The van der Waals surface area contributed by atoms with Gasteiger partial charge in [0.2, 0.25) is 0 Å². The minimum absolute atomic E-state index is 0.275. The molecule has 5 nitrogen and oxygen atoms in total. The van der Waals surface area contributed by atoms with E-state index in [1.165, 1.54) is 0 Å². The lowest BCUT2D eigenvalue weighted by Crippen LogP contribution is -2.13. The van der Waals surface area contributed by atoms with Crippen molar-refractivity contribution < 1.29 is 19.7 Å². The fourth-order valence-corrected chi connectivity index (χ4v) is 2.05. The van der Waals surface area contributed by atoms with Gasteiger partial charge in [-0.15, -0.1) is 0 Å². The van der Waals surface area contributed by atoms with Crippen LogP contribution in [-0.4, -0.2) is 35.9 Å². The summed E-state index contributed by atoms with van der Waals surface area (Å²) in [6.45, 7) is 0.659. The SMILES string of the molecule is NCCCCO.O=C(O)COC(c1ccccc1)c1ccccc1. The number of benzene rings is 2. The number of carbonyl (C=O) groups is 1. The molecule has 0 unspecified atom stereocenters. The van der Waals surface area contributed by atoms with Crippen molar-refractivity contribution in [3.63, 3.8) is 0 Å². The number of rotatable bonds is 8. The van der Waals surface area contributed by atoms with Gasteiger partial charge in [0.05, 0.1) is 0 Å². The van der Waals surface area contributed by atoms with Crippen molar-refractivity contribution in [3.8, 4) is 0 Å². The zero-order valence-electron chi connectivity index (χ0n) is 13.7. The molecular formula is C19H25NO4. The third-order valence-corrected chi connectivity index (χ3v) is 3.19. The van der Waals surface area contributed by atoms with E-state index in [4.69, 9.17) is 20.7 Å². The Morgan fingerprint density at radius 2 is 1.46 bits per heavy atom. The number of carboxylic acids is 1.